The summed E-state index contributed by atoms with van der Waals surface area (Å²) in [5, 5.41) is 12.7. The van der Waals surface area contributed by atoms with Crippen molar-refractivity contribution < 1.29 is 9.90 Å². The third-order valence-corrected chi connectivity index (χ3v) is 4.18. The van der Waals surface area contributed by atoms with Crippen molar-refractivity contribution >= 4 is 6.03 Å². The molecule has 1 heterocycles. The molecule has 3 rings (SSSR count). The second-order valence-corrected chi connectivity index (χ2v) is 5.43. The fourth-order valence-corrected chi connectivity index (χ4v) is 3.08. The predicted molar refractivity (Wildman–Crippen MR) is 77.4 cm³/mol. The van der Waals surface area contributed by atoms with Gasteiger partial charge in [-0.1, -0.05) is 36.4 Å². The van der Waals surface area contributed by atoms with E-state index in [0.717, 1.165) is 24.8 Å². The second kappa shape index (κ2) is 5.67. The predicted octanol–water partition coefficient (Wildman–Crippen LogP) is 2.01. The molecule has 0 spiro atoms. The van der Waals surface area contributed by atoms with Crippen LogP contribution >= 0.6 is 0 Å². The van der Waals surface area contributed by atoms with Crippen molar-refractivity contribution in [3.05, 3.63) is 47.5 Å². The van der Waals surface area contributed by atoms with Gasteiger partial charge in [-0.05, 0) is 30.4 Å². The van der Waals surface area contributed by atoms with Gasteiger partial charge in [0.1, 0.15) is 0 Å². The van der Waals surface area contributed by atoms with Crippen LogP contribution in [0.25, 0.3) is 0 Å². The van der Waals surface area contributed by atoms with Gasteiger partial charge in [0.2, 0.25) is 0 Å². The lowest BCUT2D eigenvalue weighted by Gasteiger charge is -2.37. The Hall–Kier alpha value is -1.81. The van der Waals surface area contributed by atoms with E-state index in [1.807, 2.05) is 18.2 Å². The molecule has 0 aromatic heterocycles. The first-order chi connectivity index (χ1) is 9.79. The van der Waals surface area contributed by atoms with Crippen LogP contribution < -0.4 is 5.32 Å². The summed E-state index contributed by atoms with van der Waals surface area (Å²) in [5.41, 5.74) is 2.30. The zero-order valence-corrected chi connectivity index (χ0v) is 11.5. The van der Waals surface area contributed by atoms with Gasteiger partial charge in [-0.2, -0.15) is 0 Å². The largest absolute Gasteiger partial charge is 0.394 e. The number of nitrogens with one attached hydrogen (secondary N) is 1. The molecule has 2 aliphatic rings. The van der Waals surface area contributed by atoms with Crippen LogP contribution in [-0.4, -0.2) is 35.2 Å². The van der Waals surface area contributed by atoms with Crippen molar-refractivity contribution in [1.82, 2.24) is 10.2 Å². The molecular weight excluding hydrogens is 252 g/mol. The number of aliphatic hydroxyl groups is 1. The van der Waals surface area contributed by atoms with E-state index in [4.69, 9.17) is 0 Å². The number of carbonyl (C=O) groups excluding carboxylic acids is 1. The highest BCUT2D eigenvalue weighted by atomic mass is 16.3. The highest BCUT2D eigenvalue weighted by Crippen LogP contribution is 2.29. The topological polar surface area (TPSA) is 52.6 Å². The molecule has 1 unspecified atom stereocenters. The molecule has 0 radical (unpaired) electrons. The standard InChI is InChI=1S/C16H20N2O2/c19-11-15-14-8-4-1-5-12(14)9-10-18(15)16(20)17-13-6-2-3-7-13/h1-5,8,13,15,19H,6-7,9-11H2,(H,17,20). The van der Waals surface area contributed by atoms with Crippen LogP contribution in [0.5, 0.6) is 0 Å². The van der Waals surface area contributed by atoms with E-state index in [1.54, 1.807) is 4.90 Å². The van der Waals surface area contributed by atoms with Crippen LogP contribution in [0, 0.1) is 0 Å². The first-order valence-corrected chi connectivity index (χ1v) is 7.20. The van der Waals surface area contributed by atoms with Gasteiger partial charge in [0.25, 0.3) is 0 Å². The zero-order chi connectivity index (χ0) is 13.9. The number of hydrogen-bond acceptors (Lipinski definition) is 2. The first-order valence-electron chi connectivity index (χ1n) is 7.20. The minimum absolute atomic E-state index is 0.0344. The SMILES string of the molecule is O=C(NC1CC=CC1)N1CCc2ccccc2C1CO. The van der Waals surface area contributed by atoms with Crippen LogP contribution in [0.4, 0.5) is 4.79 Å². The van der Waals surface area contributed by atoms with Crippen molar-refractivity contribution in [2.24, 2.45) is 0 Å². The van der Waals surface area contributed by atoms with Crippen LogP contribution in [0.3, 0.4) is 0 Å². The van der Waals surface area contributed by atoms with E-state index in [-0.39, 0.29) is 24.7 Å². The Kier molecular flexibility index (Phi) is 3.74. The number of benzene rings is 1. The minimum Gasteiger partial charge on any atom is -0.394 e. The minimum atomic E-state index is -0.227. The molecule has 1 aromatic carbocycles. The molecule has 0 saturated heterocycles. The van der Waals surface area contributed by atoms with Gasteiger partial charge in [0, 0.05) is 12.6 Å². The molecule has 4 heteroatoms. The molecule has 0 fully saturated rings. The third kappa shape index (κ3) is 2.43. The van der Waals surface area contributed by atoms with Crippen LogP contribution in [-0.2, 0) is 6.42 Å². The average Bonchev–Trinajstić information content (AvgIpc) is 2.98. The number of hydrogen-bond donors (Lipinski definition) is 2. The number of amides is 2. The number of urea groups is 1. The number of rotatable bonds is 2. The maximum absolute atomic E-state index is 12.4. The molecule has 0 saturated carbocycles. The van der Waals surface area contributed by atoms with Gasteiger partial charge >= 0.3 is 6.03 Å². The van der Waals surface area contributed by atoms with Crippen molar-refractivity contribution in [3.63, 3.8) is 0 Å². The molecule has 4 nitrogen and oxygen atoms in total. The fourth-order valence-electron chi connectivity index (χ4n) is 3.08. The number of fused-ring (bicyclic) bond motifs is 1. The van der Waals surface area contributed by atoms with Crippen molar-refractivity contribution in [1.29, 1.82) is 0 Å². The van der Waals surface area contributed by atoms with Crippen molar-refractivity contribution in [2.45, 2.75) is 31.3 Å². The summed E-state index contributed by atoms with van der Waals surface area (Å²) < 4.78 is 0. The molecule has 1 atom stereocenters. The Morgan fingerprint density at radius 3 is 2.80 bits per heavy atom. The first kappa shape index (κ1) is 13.2. The van der Waals surface area contributed by atoms with E-state index in [9.17, 15) is 9.90 Å². The van der Waals surface area contributed by atoms with E-state index in [2.05, 4.69) is 23.5 Å². The molecule has 2 amide bonds. The van der Waals surface area contributed by atoms with E-state index < -0.39 is 0 Å². The second-order valence-electron chi connectivity index (χ2n) is 5.43. The fraction of sp³-hybridized carbons (Fsp3) is 0.438. The van der Waals surface area contributed by atoms with E-state index in [1.165, 1.54) is 5.56 Å². The monoisotopic (exact) mass is 272 g/mol. The van der Waals surface area contributed by atoms with E-state index >= 15 is 0 Å². The molecule has 20 heavy (non-hydrogen) atoms. The molecular formula is C16H20N2O2. The third-order valence-electron chi connectivity index (χ3n) is 4.18. The summed E-state index contributed by atoms with van der Waals surface area (Å²) >= 11 is 0. The maximum atomic E-state index is 12.4. The number of carbonyl (C=O) groups is 1. The lowest BCUT2D eigenvalue weighted by atomic mass is 9.93. The molecule has 106 valence electrons. The Morgan fingerprint density at radius 2 is 2.05 bits per heavy atom. The number of nitrogens with zero attached hydrogens (tertiary/aromatic N) is 1. The molecule has 2 N–H and O–H groups in total. The van der Waals surface area contributed by atoms with E-state index in [0.29, 0.717) is 6.54 Å². The summed E-state index contributed by atoms with van der Waals surface area (Å²) in [6.07, 6.45) is 6.85. The quantitative estimate of drug-likeness (QED) is 0.809. The van der Waals surface area contributed by atoms with Gasteiger partial charge in [0.05, 0.1) is 12.6 Å². The van der Waals surface area contributed by atoms with Gasteiger partial charge in [0.15, 0.2) is 0 Å². The van der Waals surface area contributed by atoms with Crippen LogP contribution in [0.15, 0.2) is 36.4 Å². The number of aliphatic hydroxyl groups excluding tert-OH is 1. The molecule has 1 aromatic rings. The van der Waals surface area contributed by atoms with Gasteiger partial charge < -0.3 is 15.3 Å². The van der Waals surface area contributed by atoms with Crippen LogP contribution in [0.2, 0.25) is 0 Å². The normalized spacial score (nSPS) is 21.9. The zero-order valence-electron chi connectivity index (χ0n) is 11.5. The molecule has 0 bridgehead atoms. The van der Waals surface area contributed by atoms with Gasteiger partial charge in [-0.25, -0.2) is 4.79 Å². The average molecular weight is 272 g/mol. The summed E-state index contributed by atoms with van der Waals surface area (Å²) in [6, 6.07) is 7.97. The summed E-state index contributed by atoms with van der Waals surface area (Å²) in [7, 11) is 0. The van der Waals surface area contributed by atoms with Crippen LogP contribution in [0.1, 0.15) is 30.0 Å². The smallest absolute Gasteiger partial charge is 0.318 e. The Balaban J connectivity index is 1.75. The molecule has 1 aliphatic carbocycles. The lowest BCUT2D eigenvalue weighted by molar-refractivity contribution is 0.125. The molecule has 1 aliphatic heterocycles. The summed E-state index contributed by atoms with van der Waals surface area (Å²) in [4.78, 5) is 14.2. The Bertz CT molecular complexity index is 519. The van der Waals surface area contributed by atoms with Crippen molar-refractivity contribution in [2.75, 3.05) is 13.2 Å². The maximum Gasteiger partial charge on any atom is 0.318 e. The Labute approximate surface area is 119 Å². The Morgan fingerprint density at radius 1 is 1.30 bits per heavy atom. The lowest BCUT2D eigenvalue weighted by Crippen LogP contribution is -2.49. The highest BCUT2D eigenvalue weighted by Gasteiger charge is 2.30. The van der Waals surface area contributed by atoms with Crippen molar-refractivity contribution in [3.8, 4) is 0 Å². The van der Waals surface area contributed by atoms with Gasteiger partial charge in [-0.15, -0.1) is 0 Å². The summed E-state index contributed by atoms with van der Waals surface area (Å²) in [6.45, 7) is 0.627. The summed E-state index contributed by atoms with van der Waals surface area (Å²) in [5.74, 6) is 0. The highest BCUT2D eigenvalue weighted by molar-refractivity contribution is 5.75. The van der Waals surface area contributed by atoms with Gasteiger partial charge in [-0.3, -0.25) is 0 Å².